The second-order valence-corrected chi connectivity index (χ2v) is 6.29. The Hall–Kier alpha value is -2.24. The molecule has 0 bridgehead atoms. The van der Waals surface area contributed by atoms with E-state index >= 15 is 0 Å². The largest absolute Gasteiger partial charge is 0.497 e. The Morgan fingerprint density at radius 2 is 1.92 bits per heavy atom. The van der Waals surface area contributed by atoms with Gasteiger partial charge >= 0.3 is 0 Å². The minimum absolute atomic E-state index is 0.124. The minimum atomic E-state index is -0.124. The predicted molar refractivity (Wildman–Crippen MR) is 101 cm³/mol. The van der Waals surface area contributed by atoms with Crippen molar-refractivity contribution in [3.8, 4) is 11.5 Å². The molecular weight excluding hydrogens is 340 g/mol. The molecule has 0 aliphatic carbocycles. The molecule has 1 N–H and O–H groups in total. The summed E-state index contributed by atoms with van der Waals surface area (Å²) in [5, 5.41) is 3.37. The second-order valence-electron chi connectivity index (χ2n) is 5.88. The van der Waals surface area contributed by atoms with Crippen molar-refractivity contribution < 1.29 is 14.3 Å². The topological polar surface area (TPSA) is 50.8 Å². The van der Waals surface area contributed by atoms with Crippen molar-refractivity contribution in [3.63, 3.8) is 0 Å². The lowest BCUT2D eigenvalue weighted by Crippen LogP contribution is -2.30. The number of nitrogens with one attached hydrogen (secondary N) is 1. The average molecular weight is 363 g/mol. The third kappa shape index (κ3) is 5.37. The number of carbonyl (C=O) groups excluding carboxylic acids is 1. The molecule has 6 heteroatoms. The van der Waals surface area contributed by atoms with E-state index < -0.39 is 0 Å². The van der Waals surface area contributed by atoms with Crippen LogP contribution in [0.15, 0.2) is 36.4 Å². The Labute approximate surface area is 153 Å². The van der Waals surface area contributed by atoms with Crippen LogP contribution in [0.1, 0.15) is 11.1 Å². The van der Waals surface area contributed by atoms with Gasteiger partial charge in [0.2, 0.25) is 5.91 Å². The van der Waals surface area contributed by atoms with Gasteiger partial charge in [-0.25, -0.2) is 0 Å². The highest BCUT2D eigenvalue weighted by Crippen LogP contribution is 2.26. The van der Waals surface area contributed by atoms with Gasteiger partial charge in [0.15, 0.2) is 0 Å². The number of nitrogens with zero attached hydrogens (tertiary/aromatic N) is 1. The van der Waals surface area contributed by atoms with Gasteiger partial charge in [0.25, 0.3) is 0 Å². The van der Waals surface area contributed by atoms with Crippen molar-refractivity contribution in [1.82, 2.24) is 4.90 Å². The minimum Gasteiger partial charge on any atom is -0.497 e. The summed E-state index contributed by atoms with van der Waals surface area (Å²) in [6.45, 7) is 2.76. The Kier molecular flexibility index (Phi) is 6.67. The molecule has 0 aliphatic rings. The van der Waals surface area contributed by atoms with E-state index in [1.807, 2.05) is 55.3 Å². The third-order valence-corrected chi connectivity index (χ3v) is 4.06. The number of methoxy groups -OCH3 is 2. The molecule has 0 unspecified atom stereocenters. The van der Waals surface area contributed by atoms with E-state index in [0.717, 1.165) is 22.6 Å². The summed E-state index contributed by atoms with van der Waals surface area (Å²) in [5.74, 6) is 1.34. The van der Waals surface area contributed by atoms with Crippen molar-refractivity contribution in [3.05, 3.63) is 52.5 Å². The summed E-state index contributed by atoms with van der Waals surface area (Å²) in [7, 11) is 5.10. The molecular formula is C19H23ClN2O3. The molecule has 0 fully saturated rings. The lowest BCUT2D eigenvalue weighted by atomic mass is 10.1. The van der Waals surface area contributed by atoms with Crippen molar-refractivity contribution in [1.29, 1.82) is 0 Å². The molecule has 0 radical (unpaired) electrons. The highest BCUT2D eigenvalue weighted by atomic mass is 35.5. The summed E-state index contributed by atoms with van der Waals surface area (Å²) < 4.78 is 10.6. The zero-order valence-electron chi connectivity index (χ0n) is 14.9. The quantitative estimate of drug-likeness (QED) is 0.815. The maximum absolute atomic E-state index is 12.2. The number of aryl methyl sites for hydroxylation is 1. The number of ether oxygens (including phenoxy) is 2. The van der Waals surface area contributed by atoms with E-state index in [9.17, 15) is 4.79 Å². The summed E-state index contributed by atoms with van der Waals surface area (Å²) in [6.07, 6.45) is 0. The molecule has 1 amide bonds. The molecule has 2 aromatic rings. The zero-order chi connectivity index (χ0) is 18.4. The van der Waals surface area contributed by atoms with Gasteiger partial charge in [-0.1, -0.05) is 23.7 Å². The van der Waals surface area contributed by atoms with Crippen LogP contribution < -0.4 is 14.8 Å². The number of anilines is 1. The van der Waals surface area contributed by atoms with Crippen LogP contribution in [0.4, 0.5) is 5.69 Å². The van der Waals surface area contributed by atoms with Gasteiger partial charge in [0.1, 0.15) is 11.5 Å². The maximum atomic E-state index is 12.2. The fraction of sp³-hybridized carbons (Fsp3) is 0.316. The van der Waals surface area contributed by atoms with Crippen molar-refractivity contribution >= 4 is 23.2 Å². The maximum Gasteiger partial charge on any atom is 0.238 e. The number of carbonyl (C=O) groups is 1. The molecule has 0 atom stereocenters. The Bertz CT molecular complexity index is 749. The van der Waals surface area contributed by atoms with Gasteiger partial charge in [0, 0.05) is 18.2 Å². The predicted octanol–water partition coefficient (Wildman–Crippen LogP) is 3.74. The number of amides is 1. The van der Waals surface area contributed by atoms with Gasteiger partial charge in [-0.15, -0.1) is 0 Å². The summed E-state index contributed by atoms with van der Waals surface area (Å²) in [5.41, 5.74) is 2.64. The van der Waals surface area contributed by atoms with Crippen LogP contribution in [-0.4, -0.2) is 38.6 Å². The molecule has 2 rings (SSSR count). The fourth-order valence-electron chi connectivity index (χ4n) is 2.49. The molecule has 134 valence electrons. The molecule has 0 spiro atoms. The lowest BCUT2D eigenvalue weighted by molar-refractivity contribution is -0.117. The van der Waals surface area contributed by atoms with E-state index in [0.29, 0.717) is 17.3 Å². The molecule has 0 aromatic heterocycles. The monoisotopic (exact) mass is 362 g/mol. The molecule has 0 heterocycles. The first-order valence-corrected chi connectivity index (χ1v) is 8.26. The molecule has 0 aliphatic heterocycles. The van der Waals surface area contributed by atoms with Gasteiger partial charge in [-0.2, -0.15) is 0 Å². The van der Waals surface area contributed by atoms with Crippen LogP contribution in [0.2, 0.25) is 5.02 Å². The van der Waals surface area contributed by atoms with E-state index in [1.165, 1.54) is 0 Å². The van der Waals surface area contributed by atoms with E-state index in [1.54, 1.807) is 14.2 Å². The SMILES string of the molecule is COc1ccc(CN(C)CC(=O)Nc2ccc(C)cc2Cl)c(OC)c1. The zero-order valence-corrected chi connectivity index (χ0v) is 15.7. The normalized spacial score (nSPS) is 10.6. The number of hydrogen-bond acceptors (Lipinski definition) is 4. The first-order chi connectivity index (χ1) is 11.9. The van der Waals surface area contributed by atoms with Crippen LogP contribution in [0, 0.1) is 6.92 Å². The molecule has 5 nitrogen and oxygen atoms in total. The van der Waals surface area contributed by atoms with Crippen LogP contribution in [0.5, 0.6) is 11.5 Å². The third-order valence-electron chi connectivity index (χ3n) is 3.75. The fourth-order valence-corrected chi connectivity index (χ4v) is 2.77. The highest BCUT2D eigenvalue weighted by molar-refractivity contribution is 6.33. The van der Waals surface area contributed by atoms with Crippen LogP contribution in [0.25, 0.3) is 0 Å². The number of likely N-dealkylation sites (N-methyl/N-ethyl adjacent to an activating group) is 1. The standard InChI is InChI=1S/C19H23ClN2O3/c1-13-5-8-17(16(20)9-13)21-19(23)12-22(2)11-14-6-7-15(24-3)10-18(14)25-4/h5-10H,11-12H2,1-4H3,(H,21,23). The summed E-state index contributed by atoms with van der Waals surface area (Å²) >= 11 is 6.15. The first kappa shape index (κ1) is 19.1. The Morgan fingerprint density at radius 3 is 2.56 bits per heavy atom. The Morgan fingerprint density at radius 1 is 1.16 bits per heavy atom. The van der Waals surface area contributed by atoms with Gasteiger partial charge in [-0.05, 0) is 37.7 Å². The number of benzene rings is 2. The molecule has 0 saturated carbocycles. The molecule has 0 saturated heterocycles. The van der Waals surface area contributed by atoms with Crippen molar-refractivity contribution in [2.24, 2.45) is 0 Å². The van der Waals surface area contributed by atoms with Crippen LogP contribution >= 0.6 is 11.6 Å². The molecule has 25 heavy (non-hydrogen) atoms. The van der Waals surface area contributed by atoms with Gasteiger partial charge in [-0.3, -0.25) is 9.69 Å². The summed E-state index contributed by atoms with van der Waals surface area (Å²) in [6, 6.07) is 11.2. The number of rotatable bonds is 7. The van der Waals surface area contributed by atoms with E-state index in [-0.39, 0.29) is 12.5 Å². The van der Waals surface area contributed by atoms with Crippen LogP contribution in [0.3, 0.4) is 0 Å². The van der Waals surface area contributed by atoms with Crippen LogP contribution in [-0.2, 0) is 11.3 Å². The smallest absolute Gasteiger partial charge is 0.238 e. The van der Waals surface area contributed by atoms with E-state index in [4.69, 9.17) is 21.1 Å². The number of halogens is 1. The van der Waals surface area contributed by atoms with Gasteiger partial charge in [0.05, 0.1) is 31.5 Å². The Balaban J connectivity index is 1.97. The van der Waals surface area contributed by atoms with E-state index in [2.05, 4.69) is 5.32 Å². The summed E-state index contributed by atoms with van der Waals surface area (Å²) in [4.78, 5) is 14.1. The second kappa shape index (κ2) is 8.74. The van der Waals surface area contributed by atoms with Gasteiger partial charge < -0.3 is 14.8 Å². The average Bonchev–Trinajstić information content (AvgIpc) is 2.57. The highest BCUT2D eigenvalue weighted by Gasteiger charge is 2.12. The van der Waals surface area contributed by atoms with Crippen molar-refractivity contribution in [2.75, 3.05) is 33.1 Å². The lowest BCUT2D eigenvalue weighted by Gasteiger charge is -2.19. The van der Waals surface area contributed by atoms with Crippen molar-refractivity contribution in [2.45, 2.75) is 13.5 Å². The molecule has 2 aromatic carbocycles. The first-order valence-electron chi connectivity index (χ1n) is 7.88. The number of hydrogen-bond donors (Lipinski definition) is 1.